The SMILES string of the molecule is CC(C)Oc1ccc(C2=C(C(=O)c3ccccc3)c3ccccc3S2=O)cc1. The number of carbonyl (C=O) groups is 1. The Morgan fingerprint density at radius 2 is 1.50 bits per heavy atom. The minimum atomic E-state index is -1.41. The van der Waals surface area contributed by atoms with Crippen LogP contribution in [0.1, 0.15) is 35.3 Å². The molecule has 1 atom stereocenters. The van der Waals surface area contributed by atoms with Crippen LogP contribution in [-0.2, 0) is 10.8 Å². The van der Waals surface area contributed by atoms with Gasteiger partial charge >= 0.3 is 0 Å². The highest BCUT2D eigenvalue weighted by atomic mass is 32.2. The third-order valence-electron chi connectivity index (χ3n) is 4.52. The van der Waals surface area contributed by atoms with E-state index in [1.165, 1.54) is 0 Å². The van der Waals surface area contributed by atoms with Gasteiger partial charge in [0.15, 0.2) is 5.78 Å². The number of Topliss-reactive ketones (excluding diaryl/α,β-unsaturated/α-hetero) is 1. The standard InChI is InChI=1S/C24H20O3S/c1-16(2)27-19-14-12-18(13-15-19)24-22(23(25)17-8-4-3-5-9-17)20-10-6-7-11-21(20)28(24)26/h3-16H,1-2H3. The normalized spacial score (nSPS) is 15.6. The molecule has 0 amide bonds. The lowest BCUT2D eigenvalue weighted by molar-refractivity contribution is 0.105. The van der Waals surface area contributed by atoms with Crippen LogP contribution in [-0.4, -0.2) is 16.1 Å². The quantitative estimate of drug-likeness (QED) is 0.554. The summed E-state index contributed by atoms with van der Waals surface area (Å²) in [4.78, 5) is 14.6. The topological polar surface area (TPSA) is 43.4 Å². The molecule has 0 bridgehead atoms. The lowest BCUT2D eigenvalue weighted by Crippen LogP contribution is -2.05. The van der Waals surface area contributed by atoms with Crippen LogP contribution in [0, 0.1) is 0 Å². The van der Waals surface area contributed by atoms with Crippen LogP contribution >= 0.6 is 0 Å². The fourth-order valence-corrected chi connectivity index (χ4v) is 4.86. The van der Waals surface area contributed by atoms with E-state index in [0.717, 1.165) is 16.9 Å². The monoisotopic (exact) mass is 388 g/mol. The van der Waals surface area contributed by atoms with E-state index >= 15 is 0 Å². The molecule has 0 aromatic heterocycles. The Kier molecular flexibility index (Phi) is 4.97. The summed E-state index contributed by atoms with van der Waals surface area (Å²) in [6.07, 6.45) is 0.0742. The molecule has 0 saturated carbocycles. The number of ketones is 1. The van der Waals surface area contributed by atoms with Crippen molar-refractivity contribution in [2.45, 2.75) is 24.8 Å². The molecule has 1 heterocycles. The maximum absolute atomic E-state index is 13.3. The minimum absolute atomic E-state index is 0.0742. The van der Waals surface area contributed by atoms with Crippen LogP contribution < -0.4 is 4.74 Å². The second-order valence-electron chi connectivity index (χ2n) is 6.86. The molecule has 1 aliphatic rings. The van der Waals surface area contributed by atoms with Crippen molar-refractivity contribution in [1.29, 1.82) is 0 Å². The average molecular weight is 388 g/mol. The molecule has 4 heteroatoms. The van der Waals surface area contributed by atoms with Gasteiger partial charge in [0.1, 0.15) is 5.75 Å². The van der Waals surface area contributed by atoms with Gasteiger partial charge in [0.2, 0.25) is 0 Å². The largest absolute Gasteiger partial charge is 0.491 e. The Hall–Kier alpha value is -2.98. The highest BCUT2D eigenvalue weighted by Gasteiger charge is 2.33. The average Bonchev–Trinajstić information content (AvgIpc) is 3.01. The third-order valence-corrected chi connectivity index (χ3v) is 6.09. The second kappa shape index (κ2) is 7.56. The molecule has 0 saturated heterocycles. The molecular formula is C24H20O3S. The van der Waals surface area contributed by atoms with Gasteiger partial charge in [0.05, 0.1) is 26.7 Å². The van der Waals surface area contributed by atoms with Gasteiger partial charge in [0, 0.05) is 16.7 Å². The minimum Gasteiger partial charge on any atom is -0.491 e. The number of ether oxygens (including phenoxy) is 1. The molecule has 0 N–H and O–H groups in total. The summed E-state index contributed by atoms with van der Waals surface area (Å²) in [5, 5.41) is 0. The molecule has 4 rings (SSSR count). The molecule has 0 aliphatic carbocycles. The smallest absolute Gasteiger partial charge is 0.194 e. The van der Waals surface area contributed by atoms with Crippen molar-refractivity contribution in [3.05, 3.63) is 95.6 Å². The number of hydrogen-bond acceptors (Lipinski definition) is 3. The van der Waals surface area contributed by atoms with Gasteiger partial charge in [-0.2, -0.15) is 0 Å². The Labute approximate surface area is 167 Å². The van der Waals surface area contributed by atoms with Gasteiger partial charge in [-0.3, -0.25) is 4.79 Å². The van der Waals surface area contributed by atoms with Gasteiger partial charge < -0.3 is 4.74 Å². The zero-order chi connectivity index (χ0) is 19.7. The van der Waals surface area contributed by atoms with Crippen LogP contribution in [0.2, 0.25) is 0 Å². The van der Waals surface area contributed by atoms with Crippen molar-refractivity contribution in [3.8, 4) is 5.75 Å². The van der Waals surface area contributed by atoms with Crippen LogP contribution in [0.3, 0.4) is 0 Å². The van der Waals surface area contributed by atoms with Crippen molar-refractivity contribution in [2.75, 3.05) is 0 Å². The molecule has 0 fully saturated rings. The Bertz CT molecular complexity index is 1080. The van der Waals surface area contributed by atoms with Crippen LogP contribution in [0.5, 0.6) is 5.75 Å². The van der Waals surface area contributed by atoms with Crippen molar-refractivity contribution in [1.82, 2.24) is 0 Å². The van der Waals surface area contributed by atoms with E-state index in [2.05, 4.69) is 0 Å². The maximum atomic E-state index is 13.3. The van der Waals surface area contributed by atoms with E-state index in [-0.39, 0.29) is 11.9 Å². The predicted molar refractivity (Wildman–Crippen MR) is 113 cm³/mol. The van der Waals surface area contributed by atoms with Gasteiger partial charge in [-0.05, 0) is 37.6 Å². The van der Waals surface area contributed by atoms with Gasteiger partial charge in [0.25, 0.3) is 0 Å². The summed E-state index contributed by atoms with van der Waals surface area (Å²) in [6.45, 7) is 3.94. The van der Waals surface area contributed by atoms with Crippen molar-refractivity contribution in [2.24, 2.45) is 0 Å². The van der Waals surface area contributed by atoms with E-state index < -0.39 is 10.8 Å². The molecule has 0 spiro atoms. The first-order valence-corrected chi connectivity index (χ1v) is 10.3. The van der Waals surface area contributed by atoms with E-state index in [4.69, 9.17) is 4.74 Å². The summed E-state index contributed by atoms with van der Waals surface area (Å²) < 4.78 is 19.0. The molecule has 3 aromatic carbocycles. The van der Waals surface area contributed by atoms with Crippen LogP contribution in [0.4, 0.5) is 0 Å². The first-order valence-electron chi connectivity index (χ1n) is 9.18. The number of benzene rings is 3. The summed E-state index contributed by atoms with van der Waals surface area (Å²) >= 11 is 0. The third kappa shape index (κ3) is 3.32. The molecule has 0 radical (unpaired) electrons. The van der Waals surface area contributed by atoms with Gasteiger partial charge in [-0.15, -0.1) is 0 Å². The molecule has 28 heavy (non-hydrogen) atoms. The number of hydrogen-bond donors (Lipinski definition) is 0. The number of carbonyl (C=O) groups excluding carboxylic acids is 1. The predicted octanol–water partition coefficient (Wildman–Crippen LogP) is 5.35. The van der Waals surface area contributed by atoms with E-state index in [1.807, 2.05) is 80.6 Å². The van der Waals surface area contributed by atoms with Crippen LogP contribution in [0.15, 0.2) is 83.8 Å². The van der Waals surface area contributed by atoms with Gasteiger partial charge in [-0.1, -0.05) is 60.7 Å². The van der Waals surface area contributed by atoms with E-state index in [1.54, 1.807) is 12.1 Å². The molecule has 140 valence electrons. The van der Waals surface area contributed by atoms with Crippen molar-refractivity contribution >= 4 is 27.1 Å². The highest BCUT2D eigenvalue weighted by Crippen LogP contribution is 2.43. The molecule has 3 aromatic rings. The highest BCUT2D eigenvalue weighted by molar-refractivity contribution is 7.95. The lowest BCUT2D eigenvalue weighted by Gasteiger charge is -2.11. The molecule has 3 nitrogen and oxygen atoms in total. The fraction of sp³-hybridized carbons (Fsp3) is 0.125. The molecular weight excluding hydrogens is 368 g/mol. The Balaban J connectivity index is 1.86. The summed E-state index contributed by atoms with van der Waals surface area (Å²) in [5.41, 5.74) is 2.61. The Morgan fingerprint density at radius 1 is 0.857 bits per heavy atom. The fourth-order valence-electron chi connectivity index (χ4n) is 3.33. The number of allylic oxidation sites excluding steroid dienone is 1. The number of rotatable bonds is 5. The molecule has 1 unspecified atom stereocenters. The Morgan fingerprint density at radius 3 is 2.18 bits per heavy atom. The zero-order valence-corrected chi connectivity index (χ0v) is 16.5. The second-order valence-corrected chi connectivity index (χ2v) is 8.24. The lowest BCUT2D eigenvalue weighted by atomic mass is 9.95. The van der Waals surface area contributed by atoms with Crippen LogP contribution in [0.25, 0.3) is 10.5 Å². The van der Waals surface area contributed by atoms with E-state index in [0.29, 0.717) is 20.9 Å². The first-order chi connectivity index (χ1) is 13.6. The maximum Gasteiger partial charge on any atom is 0.194 e. The van der Waals surface area contributed by atoms with Crippen molar-refractivity contribution in [3.63, 3.8) is 0 Å². The summed E-state index contributed by atoms with van der Waals surface area (Å²) in [6, 6.07) is 24.0. The zero-order valence-electron chi connectivity index (χ0n) is 15.7. The summed E-state index contributed by atoms with van der Waals surface area (Å²) in [5.74, 6) is 0.632. The van der Waals surface area contributed by atoms with E-state index in [9.17, 15) is 9.00 Å². The first kappa shape index (κ1) is 18.4. The number of fused-ring (bicyclic) bond motifs is 1. The summed E-state index contributed by atoms with van der Waals surface area (Å²) in [7, 11) is -1.41. The van der Waals surface area contributed by atoms with Crippen molar-refractivity contribution < 1.29 is 13.7 Å². The van der Waals surface area contributed by atoms with Gasteiger partial charge in [-0.25, -0.2) is 4.21 Å². The molecule has 1 aliphatic heterocycles.